The highest BCUT2D eigenvalue weighted by molar-refractivity contribution is 5.89. The third-order valence-corrected chi connectivity index (χ3v) is 2.13. The Morgan fingerprint density at radius 2 is 2.20 bits per heavy atom. The highest BCUT2D eigenvalue weighted by Crippen LogP contribution is 2.28. The van der Waals surface area contributed by atoms with Gasteiger partial charge >= 0.3 is 0 Å². The first-order valence-corrected chi connectivity index (χ1v) is 3.15. The number of nitrogens with one attached hydrogen (secondary N) is 1. The lowest BCUT2D eigenvalue weighted by atomic mass is 9.80. The molecule has 1 spiro atoms. The SMILES string of the molecule is Cl.O=C1COCC12CNC2. The summed E-state index contributed by atoms with van der Waals surface area (Å²) in [7, 11) is 0. The molecule has 4 heteroatoms. The van der Waals surface area contributed by atoms with Gasteiger partial charge in [0, 0.05) is 13.1 Å². The van der Waals surface area contributed by atoms with E-state index in [-0.39, 0.29) is 23.6 Å². The maximum absolute atomic E-state index is 11.0. The van der Waals surface area contributed by atoms with Crippen molar-refractivity contribution in [3.63, 3.8) is 0 Å². The largest absolute Gasteiger partial charge is 0.373 e. The summed E-state index contributed by atoms with van der Waals surface area (Å²) in [4.78, 5) is 11.0. The smallest absolute Gasteiger partial charge is 0.169 e. The molecule has 0 bridgehead atoms. The van der Waals surface area contributed by atoms with Crippen LogP contribution in [-0.4, -0.2) is 32.1 Å². The highest BCUT2D eigenvalue weighted by Gasteiger charge is 2.47. The van der Waals surface area contributed by atoms with Crippen LogP contribution in [0.25, 0.3) is 0 Å². The van der Waals surface area contributed by atoms with Crippen molar-refractivity contribution in [2.75, 3.05) is 26.3 Å². The van der Waals surface area contributed by atoms with Crippen LogP contribution in [0.3, 0.4) is 0 Å². The molecule has 0 radical (unpaired) electrons. The first-order valence-electron chi connectivity index (χ1n) is 3.15. The molecule has 2 heterocycles. The van der Waals surface area contributed by atoms with Gasteiger partial charge in [-0.25, -0.2) is 0 Å². The van der Waals surface area contributed by atoms with Gasteiger partial charge in [0.15, 0.2) is 5.78 Å². The molecule has 0 aliphatic carbocycles. The van der Waals surface area contributed by atoms with Gasteiger partial charge < -0.3 is 10.1 Å². The summed E-state index contributed by atoms with van der Waals surface area (Å²) in [5.74, 6) is 0.279. The second-order valence-corrected chi connectivity index (χ2v) is 2.80. The number of carbonyl (C=O) groups is 1. The number of halogens is 1. The summed E-state index contributed by atoms with van der Waals surface area (Å²) in [6, 6.07) is 0. The van der Waals surface area contributed by atoms with Gasteiger partial charge in [-0.1, -0.05) is 0 Å². The maximum Gasteiger partial charge on any atom is 0.169 e. The molecule has 0 saturated carbocycles. The molecule has 0 aromatic carbocycles. The van der Waals surface area contributed by atoms with Gasteiger partial charge in [0.2, 0.25) is 0 Å². The molecule has 0 amide bonds. The Bertz CT molecular complexity index is 156. The minimum absolute atomic E-state index is 0. The zero-order valence-electron chi connectivity index (χ0n) is 5.55. The summed E-state index contributed by atoms with van der Waals surface area (Å²) in [5.41, 5.74) is -0.0972. The molecule has 0 atom stereocenters. The van der Waals surface area contributed by atoms with Crippen molar-refractivity contribution in [1.82, 2.24) is 5.32 Å². The standard InChI is InChI=1S/C6H9NO2.ClH/c8-5-1-9-4-6(5)2-7-3-6;/h7H,1-4H2;1H. The number of carbonyl (C=O) groups excluding carboxylic acids is 1. The average Bonchev–Trinajstić information content (AvgIpc) is 2.07. The van der Waals surface area contributed by atoms with Gasteiger partial charge in [-0.2, -0.15) is 0 Å². The van der Waals surface area contributed by atoms with Gasteiger partial charge in [0.25, 0.3) is 0 Å². The van der Waals surface area contributed by atoms with Crippen LogP contribution in [0.2, 0.25) is 0 Å². The predicted octanol–water partition coefficient (Wildman–Crippen LogP) is -0.403. The minimum atomic E-state index is -0.0972. The molecule has 2 aliphatic rings. The van der Waals surface area contributed by atoms with Crippen LogP contribution in [-0.2, 0) is 9.53 Å². The number of ether oxygens (including phenoxy) is 1. The molecule has 1 N–H and O–H groups in total. The Kier molecular flexibility index (Phi) is 1.99. The average molecular weight is 164 g/mol. The molecule has 0 aromatic rings. The Morgan fingerprint density at radius 1 is 1.50 bits per heavy atom. The van der Waals surface area contributed by atoms with Crippen LogP contribution in [0.15, 0.2) is 0 Å². The number of hydrogen-bond acceptors (Lipinski definition) is 3. The minimum Gasteiger partial charge on any atom is -0.373 e. The van der Waals surface area contributed by atoms with E-state index < -0.39 is 0 Å². The first kappa shape index (κ1) is 7.98. The maximum atomic E-state index is 11.0. The normalized spacial score (nSPS) is 27.8. The van der Waals surface area contributed by atoms with E-state index in [0.717, 1.165) is 13.1 Å². The number of ketones is 1. The number of hydrogen-bond donors (Lipinski definition) is 1. The van der Waals surface area contributed by atoms with E-state index in [1.807, 2.05) is 0 Å². The van der Waals surface area contributed by atoms with E-state index in [4.69, 9.17) is 4.74 Å². The fourth-order valence-electron chi connectivity index (χ4n) is 1.30. The monoisotopic (exact) mass is 163 g/mol. The van der Waals surface area contributed by atoms with Gasteiger partial charge in [-0.05, 0) is 0 Å². The Labute approximate surface area is 65.5 Å². The first-order chi connectivity index (χ1) is 4.33. The molecule has 0 aromatic heterocycles. The van der Waals surface area contributed by atoms with Crippen LogP contribution in [0.5, 0.6) is 0 Å². The molecule has 2 fully saturated rings. The Morgan fingerprint density at radius 3 is 2.40 bits per heavy atom. The lowest BCUT2D eigenvalue weighted by Crippen LogP contribution is -2.57. The summed E-state index contributed by atoms with van der Waals surface area (Å²) in [5, 5.41) is 3.07. The van der Waals surface area contributed by atoms with Crippen molar-refractivity contribution in [1.29, 1.82) is 0 Å². The van der Waals surface area contributed by atoms with E-state index in [1.54, 1.807) is 0 Å². The van der Waals surface area contributed by atoms with Crippen LogP contribution >= 0.6 is 12.4 Å². The van der Waals surface area contributed by atoms with Crippen molar-refractivity contribution < 1.29 is 9.53 Å². The van der Waals surface area contributed by atoms with Crippen molar-refractivity contribution in [2.24, 2.45) is 5.41 Å². The molecule has 10 heavy (non-hydrogen) atoms. The fraction of sp³-hybridized carbons (Fsp3) is 0.833. The summed E-state index contributed by atoms with van der Waals surface area (Å²) in [6.45, 7) is 2.62. The van der Waals surface area contributed by atoms with E-state index >= 15 is 0 Å². The van der Waals surface area contributed by atoms with Crippen molar-refractivity contribution >= 4 is 18.2 Å². The zero-order chi connectivity index (χ0) is 6.32. The molecular weight excluding hydrogens is 154 g/mol. The Balaban J connectivity index is 0.000000500. The van der Waals surface area contributed by atoms with E-state index in [9.17, 15) is 4.79 Å². The molecule has 2 rings (SSSR count). The topological polar surface area (TPSA) is 38.3 Å². The third-order valence-electron chi connectivity index (χ3n) is 2.13. The summed E-state index contributed by atoms with van der Waals surface area (Å²) in [6.07, 6.45) is 0. The number of rotatable bonds is 0. The van der Waals surface area contributed by atoms with E-state index in [0.29, 0.717) is 13.2 Å². The summed E-state index contributed by atoms with van der Waals surface area (Å²) >= 11 is 0. The van der Waals surface area contributed by atoms with Crippen LogP contribution in [0.4, 0.5) is 0 Å². The summed E-state index contributed by atoms with van der Waals surface area (Å²) < 4.78 is 5.02. The van der Waals surface area contributed by atoms with Crippen molar-refractivity contribution in [3.05, 3.63) is 0 Å². The third kappa shape index (κ3) is 0.856. The predicted molar refractivity (Wildman–Crippen MR) is 38.4 cm³/mol. The quantitative estimate of drug-likeness (QED) is 0.528. The molecule has 2 saturated heterocycles. The van der Waals surface area contributed by atoms with E-state index in [1.165, 1.54) is 0 Å². The second-order valence-electron chi connectivity index (χ2n) is 2.80. The highest BCUT2D eigenvalue weighted by atomic mass is 35.5. The molecule has 3 nitrogen and oxygen atoms in total. The molecule has 0 unspecified atom stereocenters. The van der Waals surface area contributed by atoms with Gasteiger partial charge in [0.1, 0.15) is 6.61 Å². The van der Waals surface area contributed by atoms with Crippen LogP contribution < -0.4 is 5.32 Å². The second kappa shape index (κ2) is 2.49. The molecular formula is C6H10ClNO2. The molecule has 2 aliphatic heterocycles. The van der Waals surface area contributed by atoms with Crippen molar-refractivity contribution in [3.8, 4) is 0 Å². The van der Waals surface area contributed by atoms with Crippen molar-refractivity contribution in [2.45, 2.75) is 0 Å². The molecule has 58 valence electrons. The number of Topliss-reactive ketones (excluding diaryl/α,β-unsaturated/α-hetero) is 1. The lowest BCUT2D eigenvalue weighted by Gasteiger charge is -2.35. The van der Waals surface area contributed by atoms with Gasteiger partial charge in [-0.15, -0.1) is 12.4 Å². The lowest BCUT2D eigenvalue weighted by molar-refractivity contribution is -0.126. The van der Waals surface area contributed by atoms with E-state index in [2.05, 4.69) is 5.32 Å². The Hall–Kier alpha value is -0.120. The fourth-order valence-corrected chi connectivity index (χ4v) is 1.30. The van der Waals surface area contributed by atoms with Gasteiger partial charge in [0.05, 0.1) is 12.0 Å². The van der Waals surface area contributed by atoms with Gasteiger partial charge in [-0.3, -0.25) is 4.79 Å². The van der Waals surface area contributed by atoms with Crippen LogP contribution in [0, 0.1) is 5.41 Å². The zero-order valence-corrected chi connectivity index (χ0v) is 6.37. The van der Waals surface area contributed by atoms with Crippen LogP contribution in [0.1, 0.15) is 0 Å².